The van der Waals surface area contributed by atoms with Crippen LogP contribution in [0.25, 0.3) is 10.1 Å². The van der Waals surface area contributed by atoms with Crippen molar-refractivity contribution in [1.82, 2.24) is 9.69 Å². The SMILES string of the molecule is NC(=O)c1cccc2c(C3N=C(NCc4ccccc4)c4occc4N3)nsc12. The Morgan fingerprint density at radius 1 is 1.17 bits per heavy atom. The van der Waals surface area contributed by atoms with E-state index in [9.17, 15) is 4.79 Å². The number of primary amides is 1. The summed E-state index contributed by atoms with van der Waals surface area (Å²) in [5, 5.41) is 7.59. The number of aromatic nitrogens is 1. The smallest absolute Gasteiger partial charge is 0.250 e. The summed E-state index contributed by atoms with van der Waals surface area (Å²) in [7, 11) is 0. The predicted octanol–water partition coefficient (Wildman–Crippen LogP) is 3.65. The van der Waals surface area contributed by atoms with Gasteiger partial charge in [0.1, 0.15) is 5.69 Å². The van der Waals surface area contributed by atoms with Crippen molar-refractivity contribution in [1.29, 1.82) is 0 Å². The highest BCUT2D eigenvalue weighted by atomic mass is 32.1. The summed E-state index contributed by atoms with van der Waals surface area (Å²) in [4.78, 5) is 16.5. The fraction of sp³-hybridized carbons (Fsp3) is 0.0952. The normalized spacial score (nSPS) is 15.4. The molecule has 0 fully saturated rings. The van der Waals surface area contributed by atoms with Gasteiger partial charge in [-0.3, -0.25) is 4.79 Å². The number of nitrogens with two attached hydrogens (primary N) is 1. The summed E-state index contributed by atoms with van der Waals surface area (Å²) in [6.07, 6.45) is 1.22. The van der Waals surface area contributed by atoms with E-state index < -0.39 is 12.1 Å². The van der Waals surface area contributed by atoms with Crippen LogP contribution in [0.5, 0.6) is 0 Å². The second-order valence-corrected chi connectivity index (χ2v) is 7.41. The lowest BCUT2D eigenvalue weighted by atomic mass is 10.1. The van der Waals surface area contributed by atoms with Gasteiger partial charge in [-0.05, 0) is 23.2 Å². The molecule has 1 aliphatic rings. The molecule has 5 rings (SSSR count). The number of anilines is 1. The zero-order valence-corrected chi connectivity index (χ0v) is 16.1. The first-order valence-electron chi connectivity index (χ1n) is 9.09. The molecule has 0 aliphatic carbocycles. The van der Waals surface area contributed by atoms with Gasteiger partial charge in [-0.1, -0.05) is 42.5 Å². The number of benzene rings is 2. The first-order chi connectivity index (χ1) is 14.2. The number of hydrogen-bond acceptors (Lipinski definition) is 7. The predicted molar refractivity (Wildman–Crippen MR) is 113 cm³/mol. The molecule has 7 nitrogen and oxygen atoms in total. The van der Waals surface area contributed by atoms with Gasteiger partial charge in [0.2, 0.25) is 5.91 Å². The fourth-order valence-corrected chi connectivity index (χ4v) is 4.31. The summed E-state index contributed by atoms with van der Waals surface area (Å²) >= 11 is 1.25. The Balaban J connectivity index is 1.51. The van der Waals surface area contributed by atoms with Crippen molar-refractivity contribution in [2.45, 2.75) is 12.7 Å². The van der Waals surface area contributed by atoms with Crippen LogP contribution in [0.2, 0.25) is 0 Å². The van der Waals surface area contributed by atoms with Crippen LogP contribution in [0.4, 0.5) is 5.69 Å². The van der Waals surface area contributed by atoms with E-state index in [-0.39, 0.29) is 0 Å². The Bertz CT molecular complexity index is 1230. The highest BCUT2D eigenvalue weighted by Gasteiger charge is 2.27. The average Bonchev–Trinajstić information content (AvgIpc) is 3.39. The maximum atomic E-state index is 11.7. The van der Waals surface area contributed by atoms with Gasteiger partial charge < -0.3 is 20.8 Å². The lowest BCUT2D eigenvalue weighted by Gasteiger charge is -2.22. The molecule has 1 atom stereocenters. The first kappa shape index (κ1) is 17.4. The average molecular weight is 403 g/mol. The standard InChI is InChI=1S/C21H17N5O2S/c22-19(27)14-8-4-7-13-16(26-29-18(13)14)20-24-15-9-10-28-17(15)21(25-20)23-11-12-5-2-1-3-6-12/h1-10,20,24H,11H2,(H2,22,27)(H,23,25). The van der Waals surface area contributed by atoms with E-state index in [1.165, 1.54) is 11.5 Å². The van der Waals surface area contributed by atoms with E-state index in [0.29, 0.717) is 23.7 Å². The van der Waals surface area contributed by atoms with Crippen molar-refractivity contribution in [3.05, 3.63) is 83.4 Å². The number of furan rings is 1. The molecule has 1 amide bonds. The van der Waals surface area contributed by atoms with Crippen LogP contribution in [0.15, 0.2) is 70.3 Å². The first-order valence-corrected chi connectivity index (χ1v) is 9.86. The summed E-state index contributed by atoms with van der Waals surface area (Å²) < 4.78 is 11.0. The second-order valence-electron chi connectivity index (χ2n) is 6.64. The number of nitrogens with one attached hydrogen (secondary N) is 2. The molecule has 4 aromatic rings. The van der Waals surface area contributed by atoms with Gasteiger partial charge in [-0.25, -0.2) is 4.99 Å². The van der Waals surface area contributed by atoms with Crippen molar-refractivity contribution in [3.8, 4) is 0 Å². The number of aliphatic imine (C=N–C) groups is 1. The number of fused-ring (bicyclic) bond motifs is 2. The van der Waals surface area contributed by atoms with Gasteiger partial charge in [-0.15, -0.1) is 0 Å². The number of rotatable bonds is 4. The molecule has 2 aromatic carbocycles. The molecule has 1 aliphatic heterocycles. The molecular formula is C21H17N5O2S. The van der Waals surface area contributed by atoms with Crippen LogP contribution in [-0.4, -0.2) is 16.1 Å². The molecule has 0 radical (unpaired) electrons. The molecule has 29 heavy (non-hydrogen) atoms. The van der Waals surface area contributed by atoms with Crippen molar-refractivity contribution < 1.29 is 9.21 Å². The molecule has 1 unspecified atom stereocenters. The van der Waals surface area contributed by atoms with Crippen molar-refractivity contribution >= 4 is 39.0 Å². The Morgan fingerprint density at radius 2 is 2.03 bits per heavy atom. The van der Waals surface area contributed by atoms with Crippen LogP contribution in [0.3, 0.4) is 0 Å². The number of carbonyl (C=O) groups excluding carboxylic acids is 1. The Hall–Kier alpha value is -3.65. The maximum absolute atomic E-state index is 11.7. The molecule has 0 spiro atoms. The van der Waals surface area contributed by atoms with Gasteiger partial charge in [0, 0.05) is 18.0 Å². The van der Waals surface area contributed by atoms with Crippen LogP contribution in [0.1, 0.15) is 33.5 Å². The van der Waals surface area contributed by atoms with Crippen LogP contribution in [-0.2, 0) is 6.54 Å². The third kappa shape index (κ3) is 3.13. The Kier molecular flexibility index (Phi) is 4.25. The Morgan fingerprint density at radius 3 is 2.86 bits per heavy atom. The largest absolute Gasteiger partial charge is 0.459 e. The van der Waals surface area contributed by atoms with E-state index >= 15 is 0 Å². The third-order valence-electron chi connectivity index (χ3n) is 4.78. The lowest BCUT2D eigenvalue weighted by Crippen LogP contribution is -2.29. The van der Waals surface area contributed by atoms with E-state index in [4.69, 9.17) is 15.1 Å². The highest BCUT2D eigenvalue weighted by molar-refractivity contribution is 7.13. The van der Waals surface area contributed by atoms with Gasteiger partial charge in [0.25, 0.3) is 0 Å². The monoisotopic (exact) mass is 403 g/mol. The van der Waals surface area contributed by atoms with Gasteiger partial charge in [-0.2, -0.15) is 4.37 Å². The van der Waals surface area contributed by atoms with E-state index in [1.807, 2.05) is 36.4 Å². The summed E-state index contributed by atoms with van der Waals surface area (Å²) in [6, 6.07) is 17.4. The van der Waals surface area contributed by atoms with E-state index in [2.05, 4.69) is 27.1 Å². The van der Waals surface area contributed by atoms with Gasteiger partial charge >= 0.3 is 0 Å². The van der Waals surface area contributed by atoms with Crippen LogP contribution >= 0.6 is 11.5 Å². The molecule has 0 saturated carbocycles. The molecule has 4 N–H and O–H groups in total. The zero-order valence-electron chi connectivity index (χ0n) is 15.3. The lowest BCUT2D eigenvalue weighted by molar-refractivity contribution is 0.100. The van der Waals surface area contributed by atoms with E-state index in [0.717, 1.165) is 27.0 Å². The maximum Gasteiger partial charge on any atom is 0.250 e. The second kappa shape index (κ2) is 7.06. The minimum absolute atomic E-state index is 0.407. The topological polar surface area (TPSA) is 106 Å². The van der Waals surface area contributed by atoms with Crippen LogP contribution in [0, 0.1) is 0 Å². The van der Waals surface area contributed by atoms with E-state index in [1.54, 1.807) is 12.3 Å². The summed E-state index contributed by atoms with van der Waals surface area (Å²) in [6.45, 7) is 0.621. The number of amides is 1. The summed E-state index contributed by atoms with van der Waals surface area (Å²) in [5.74, 6) is 0.854. The zero-order chi connectivity index (χ0) is 19.8. The summed E-state index contributed by atoms with van der Waals surface area (Å²) in [5.41, 5.74) is 8.71. The minimum atomic E-state index is -0.465. The molecule has 0 saturated heterocycles. The molecule has 3 heterocycles. The highest BCUT2D eigenvalue weighted by Crippen LogP contribution is 2.35. The van der Waals surface area contributed by atoms with Gasteiger partial charge in [0.15, 0.2) is 17.8 Å². The van der Waals surface area contributed by atoms with Crippen molar-refractivity contribution in [2.24, 2.45) is 10.7 Å². The number of hydrogen-bond donors (Lipinski definition) is 3. The minimum Gasteiger partial charge on any atom is -0.459 e. The quantitative estimate of drug-likeness (QED) is 0.482. The van der Waals surface area contributed by atoms with Crippen LogP contribution < -0.4 is 16.4 Å². The molecule has 8 heteroatoms. The van der Waals surface area contributed by atoms with Gasteiger partial charge in [0.05, 0.1) is 22.2 Å². The van der Waals surface area contributed by atoms with Crippen molar-refractivity contribution in [2.75, 3.05) is 5.32 Å². The fourth-order valence-electron chi connectivity index (χ4n) is 3.38. The molecule has 0 bridgehead atoms. The van der Waals surface area contributed by atoms with Crippen molar-refractivity contribution in [3.63, 3.8) is 0 Å². The molecule has 2 aromatic heterocycles. The number of nitrogens with zero attached hydrogens (tertiary/aromatic N) is 2. The molecular weight excluding hydrogens is 386 g/mol. The number of carbonyl (C=O) groups is 1. The Labute approximate surface area is 170 Å². The number of amidine groups is 1. The molecule has 144 valence electrons. The third-order valence-corrected chi connectivity index (χ3v) is 5.69.